The molecule has 3 rings (SSSR count). The van der Waals surface area contributed by atoms with Crippen LogP contribution < -0.4 is 5.32 Å². The van der Waals surface area contributed by atoms with Crippen molar-refractivity contribution in [1.29, 1.82) is 0 Å². The molecule has 0 radical (unpaired) electrons. The Bertz CT molecular complexity index is 557. The fourth-order valence-corrected chi connectivity index (χ4v) is 5.89. The lowest BCUT2D eigenvalue weighted by Gasteiger charge is -2.24. The highest BCUT2D eigenvalue weighted by molar-refractivity contribution is 7.91. The van der Waals surface area contributed by atoms with E-state index in [1.165, 1.54) is 11.3 Å². The quantitative estimate of drug-likeness (QED) is 0.876. The van der Waals surface area contributed by atoms with Gasteiger partial charge in [0.2, 0.25) is 0 Å². The third kappa shape index (κ3) is 2.93. The molecule has 2 heterocycles. The fraction of sp³-hybridized carbons (Fsp3) is 0.714. The highest BCUT2D eigenvalue weighted by Crippen LogP contribution is 2.35. The number of rotatable bonds is 6. The largest absolute Gasteiger partial charge is 0.313 e. The Hall–Kier alpha value is -0.430. The monoisotopic (exact) mass is 314 g/mol. The summed E-state index contributed by atoms with van der Waals surface area (Å²) in [6.45, 7) is 3.71. The summed E-state index contributed by atoms with van der Waals surface area (Å²) in [5.74, 6) is 0. The molecule has 2 aliphatic rings. The van der Waals surface area contributed by atoms with Crippen LogP contribution in [0.1, 0.15) is 37.5 Å². The van der Waals surface area contributed by atoms with Gasteiger partial charge in [-0.25, -0.2) is 8.42 Å². The molecule has 4 nitrogen and oxygen atoms in total. The predicted molar refractivity (Wildman–Crippen MR) is 81.6 cm³/mol. The topological polar surface area (TPSA) is 49.4 Å². The van der Waals surface area contributed by atoms with Crippen molar-refractivity contribution in [2.24, 2.45) is 0 Å². The van der Waals surface area contributed by atoms with Crippen LogP contribution in [0.25, 0.3) is 0 Å². The molecule has 1 aliphatic carbocycles. The molecule has 2 fully saturated rings. The molecule has 1 saturated carbocycles. The van der Waals surface area contributed by atoms with Crippen molar-refractivity contribution in [3.05, 3.63) is 17.0 Å². The standard InChI is InChI=1S/C14H22N2O2S2/c1-2-13-7-8-14(19-13)20(17,18)16(12-5-6-12)10-11-4-3-9-15-11/h7-8,11-12,15H,2-6,9-10H2,1H3. The first-order chi connectivity index (χ1) is 9.61. The summed E-state index contributed by atoms with van der Waals surface area (Å²) in [4.78, 5) is 1.14. The highest BCUT2D eigenvalue weighted by Gasteiger charge is 2.40. The molecular formula is C14H22N2O2S2. The summed E-state index contributed by atoms with van der Waals surface area (Å²) in [6, 6.07) is 4.28. The van der Waals surface area contributed by atoms with Crippen molar-refractivity contribution in [2.75, 3.05) is 13.1 Å². The first kappa shape index (κ1) is 14.5. The maximum absolute atomic E-state index is 12.8. The molecule has 0 bridgehead atoms. The zero-order chi connectivity index (χ0) is 14.2. The molecule has 1 aromatic heterocycles. The predicted octanol–water partition coefficient (Wildman–Crippen LogP) is 2.22. The SMILES string of the molecule is CCc1ccc(S(=O)(=O)N(CC2CCCN2)C2CC2)s1. The van der Waals surface area contributed by atoms with Gasteiger partial charge < -0.3 is 5.32 Å². The minimum absolute atomic E-state index is 0.231. The average Bonchev–Trinajstić information content (AvgIpc) is 2.96. The third-order valence-corrected chi connectivity index (χ3v) is 7.68. The zero-order valence-electron chi connectivity index (χ0n) is 11.8. The van der Waals surface area contributed by atoms with E-state index in [0.717, 1.165) is 43.5 Å². The summed E-state index contributed by atoms with van der Waals surface area (Å²) in [5.41, 5.74) is 0. The number of sulfonamides is 1. The van der Waals surface area contributed by atoms with E-state index in [1.807, 2.05) is 6.07 Å². The molecule has 112 valence electrons. The van der Waals surface area contributed by atoms with E-state index in [9.17, 15) is 8.42 Å². The lowest BCUT2D eigenvalue weighted by Crippen LogP contribution is -2.42. The van der Waals surface area contributed by atoms with Gasteiger partial charge in [0.1, 0.15) is 4.21 Å². The van der Waals surface area contributed by atoms with Crippen LogP contribution in [0.3, 0.4) is 0 Å². The van der Waals surface area contributed by atoms with Gasteiger partial charge in [-0.3, -0.25) is 0 Å². The molecule has 1 aliphatic heterocycles. The van der Waals surface area contributed by atoms with Crippen LogP contribution in [-0.4, -0.2) is 37.9 Å². The number of nitrogens with zero attached hydrogens (tertiary/aromatic N) is 1. The second-order valence-electron chi connectivity index (χ2n) is 5.67. The summed E-state index contributed by atoms with van der Waals surface area (Å²) < 4.78 is 27.9. The molecule has 6 heteroatoms. The maximum Gasteiger partial charge on any atom is 0.252 e. The van der Waals surface area contributed by atoms with E-state index >= 15 is 0 Å². The molecule has 1 atom stereocenters. The normalized spacial score (nSPS) is 23.6. The molecule has 0 amide bonds. The van der Waals surface area contributed by atoms with E-state index < -0.39 is 10.0 Å². The van der Waals surface area contributed by atoms with E-state index in [-0.39, 0.29) is 6.04 Å². The van der Waals surface area contributed by atoms with Gasteiger partial charge in [-0.05, 0) is 50.8 Å². The fourth-order valence-electron chi connectivity index (χ4n) is 2.74. The Morgan fingerprint density at radius 1 is 1.35 bits per heavy atom. The zero-order valence-corrected chi connectivity index (χ0v) is 13.5. The smallest absolute Gasteiger partial charge is 0.252 e. The molecule has 1 aromatic rings. The number of hydrogen-bond donors (Lipinski definition) is 1. The van der Waals surface area contributed by atoms with Crippen LogP contribution in [0.2, 0.25) is 0 Å². The number of thiophene rings is 1. The first-order valence-electron chi connectivity index (χ1n) is 7.45. The highest BCUT2D eigenvalue weighted by atomic mass is 32.2. The van der Waals surface area contributed by atoms with Crippen LogP contribution in [0.5, 0.6) is 0 Å². The Kier molecular flexibility index (Phi) is 4.17. The van der Waals surface area contributed by atoms with Crippen molar-refractivity contribution in [3.63, 3.8) is 0 Å². The summed E-state index contributed by atoms with van der Waals surface area (Å²) >= 11 is 1.42. The lowest BCUT2D eigenvalue weighted by atomic mass is 10.2. The molecule has 1 N–H and O–H groups in total. The van der Waals surface area contributed by atoms with Gasteiger partial charge in [-0.1, -0.05) is 6.92 Å². The molecule has 0 aromatic carbocycles. The molecule has 0 spiro atoms. The van der Waals surface area contributed by atoms with Crippen molar-refractivity contribution in [1.82, 2.24) is 9.62 Å². The molecule has 1 unspecified atom stereocenters. The van der Waals surface area contributed by atoms with E-state index in [4.69, 9.17) is 0 Å². The number of nitrogens with one attached hydrogen (secondary N) is 1. The molecule has 20 heavy (non-hydrogen) atoms. The summed E-state index contributed by atoms with van der Waals surface area (Å²) in [7, 11) is -3.30. The van der Waals surface area contributed by atoms with Gasteiger partial charge in [-0.2, -0.15) is 4.31 Å². The van der Waals surface area contributed by atoms with Gasteiger partial charge in [0.25, 0.3) is 10.0 Å². The summed E-state index contributed by atoms with van der Waals surface area (Å²) in [6.07, 6.45) is 5.16. The van der Waals surface area contributed by atoms with Crippen LogP contribution in [-0.2, 0) is 16.4 Å². The van der Waals surface area contributed by atoms with E-state index in [1.54, 1.807) is 10.4 Å². The Morgan fingerprint density at radius 3 is 2.70 bits per heavy atom. The molecule has 1 saturated heterocycles. The van der Waals surface area contributed by atoms with Crippen LogP contribution in [0, 0.1) is 0 Å². The van der Waals surface area contributed by atoms with Crippen LogP contribution >= 0.6 is 11.3 Å². The van der Waals surface area contributed by atoms with Crippen molar-refractivity contribution < 1.29 is 8.42 Å². The van der Waals surface area contributed by atoms with Gasteiger partial charge in [0.15, 0.2) is 0 Å². The second-order valence-corrected chi connectivity index (χ2v) is 8.96. The van der Waals surface area contributed by atoms with Crippen molar-refractivity contribution in [2.45, 2.75) is 55.3 Å². The number of hydrogen-bond acceptors (Lipinski definition) is 4. The Morgan fingerprint density at radius 2 is 2.15 bits per heavy atom. The Labute approximate surface area is 125 Å². The van der Waals surface area contributed by atoms with Gasteiger partial charge in [0, 0.05) is 23.5 Å². The van der Waals surface area contributed by atoms with E-state index in [0.29, 0.717) is 16.8 Å². The first-order valence-corrected chi connectivity index (χ1v) is 9.71. The average molecular weight is 314 g/mol. The molecular weight excluding hydrogens is 292 g/mol. The summed E-state index contributed by atoms with van der Waals surface area (Å²) in [5, 5.41) is 3.41. The third-order valence-electron chi connectivity index (χ3n) is 4.07. The van der Waals surface area contributed by atoms with Crippen LogP contribution in [0.4, 0.5) is 0 Å². The lowest BCUT2D eigenvalue weighted by molar-refractivity contribution is 0.363. The van der Waals surface area contributed by atoms with Gasteiger partial charge >= 0.3 is 0 Å². The van der Waals surface area contributed by atoms with Crippen LogP contribution in [0.15, 0.2) is 16.3 Å². The maximum atomic E-state index is 12.8. The van der Waals surface area contributed by atoms with Gasteiger partial charge in [0.05, 0.1) is 0 Å². The van der Waals surface area contributed by atoms with Gasteiger partial charge in [-0.15, -0.1) is 11.3 Å². The number of aryl methyl sites for hydroxylation is 1. The second kappa shape index (κ2) is 5.75. The van der Waals surface area contributed by atoms with Crippen molar-refractivity contribution >= 4 is 21.4 Å². The van der Waals surface area contributed by atoms with Crippen molar-refractivity contribution in [3.8, 4) is 0 Å². The minimum atomic E-state index is -3.30. The minimum Gasteiger partial charge on any atom is -0.313 e. The van der Waals surface area contributed by atoms with E-state index in [2.05, 4.69) is 12.2 Å². The Balaban J connectivity index is 1.81.